The van der Waals surface area contributed by atoms with Crippen molar-refractivity contribution in [3.05, 3.63) is 65.7 Å². The molecule has 0 saturated carbocycles. The van der Waals surface area contributed by atoms with Crippen molar-refractivity contribution in [2.75, 3.05) is 25.4 Å². The van der Waals surface area contributed by atoms with E-state index in [-0.39, 0.29) is 36.2 Å². The van der Waals surface area contributed by atoms with E-state index in [2.05, 4.69) is 29.6 Å². The van der Waals surface area contributed by atoms with Gasteiger partial charge in [0.2, 0.25) is 11.8 Å². The van der Waals surface area contributed by atoms with E-state index < -0.39 is 11.6 Å². The molecule has 2 heterocycles. The summed E-state index contributed by atoms with van der Waals surface area (Å²) in [6.45, 7) is 5.10. The fourth-order valence-corrected chi connectivity index (χ4v) is 5.99. The maximum Gasteiger partial charge on any atom is 0.247 e. The molecule has 2 aromatic carbocycles. The Kier molecular flexibility index (Phi) is 8.68. The Bertz CT molecular complexity index is 988. The highest BCUT2D eigenvalue weighted by Gasteiger charge is 2.43. The Morgan fingerprint density at radius 1 is 1.12 bits per heavy atom. The maximum absolute atomic E-state index is 13.4. The van der Waals surface area contributed by atoms with Crippen LogP contribution in [0.1, 0.15) is 37.8 Å². The van der Waals surface area contributed by atoms with Crippen LogP contribution in [0, 0.1) is 0 Å². The van der Waals surface area contributed by atoms with Gasteiger partial charge in [0, 0.05) is 29.2 Å². The molecule has 34 heavy (non-hydrogen) atoms. The van der Waals surface area contributed by atoms with Crippen LogP contribution in [0.25, 0.3) is 0 Å². The lowest BCUT2D eigenvalue weighted by Crippen LogP contribution is -2.59. The molecule has 6 nitrogen and oxygen atoms in total. The van der Waals surface area contributed by atoms with Gasteiger partial charge in [0.25, 0.3) is 0 Å². The molecule has 1 saturated heterocycles. The summed E-state index contributed by atoms with van der Waals surface area (Å²) in [5.41, 5.74) is 7.47. The lowest BCUT2D eigenvalue weighted by Gasteiger charge is -2.41. The summed E-state index contributed by atoms with van der Waals surface area (Å²) in [5.74, 6) is 0.601. The number of nitrogens with one attached hydrogen (secondary N) is 1. The molecule has 0 aromatic heterocycles. The number of hydrogen-bond donors (Lipinski definition) is 2. The van der Waals surface area contributed by atoms with E-state index >= 15 is 0 Å². The van der Waals surface area contributed by atoms with E-state index in [1.54, 1.807) is 13.8 Å². The van der Waals surface area contributed by atoms with Crippen LogP contribution in [0.3, 0.4) is 0 Å². The largest absolute Gasteiger partial charge is 0.374 e. The topological polar surface area (TPSA) is 84.7 Å². The molecule has 1 spiro atoms. The van der Waals surface area contributed by atoms with Crippen LogP contribution in [0.15, 0.2) is 59.5 Å². The van der Waals surface area contributed by atoms with Crippen LogP contribution in [0.5, 0.6) is 0 Å². The fraction of sp³-hybridized carbons (Fsp3) is 0.462. The number of rotatable bonds is 7. The first-order chi connectivity index (χ1) is 15.8. The summed E-state index contributed by atoms with van der Waals surface area (Å²) in [6, 6.07) is 17.6. The third-order valence-electron chi connectivity index (χ3n) is 6.58. The number of nitrogens with two attached hydrogens (primary N) is 1. The molecule has 1 atom stereocenters. The number of fused-ring (bicyclic) bond motifs is 2. The van der Waals surface area contributed by atoms with E-state index in [1.165, 1.54) is 10.5 Å². The molecule has 4 rings (SSSR count). The van der Waals surface area contributed by atoms with E-state index in [4.69, 9.17) is 10.5 Å². The van der Waals surface area contributed by atoms with Gasteiger partial charge < -0.3 is 20.7 Å². The first-order valence-corrected chi connectivity index (χ1v) is 12.5. The molecule has 0 radical (unpaired) electrons. The maximum atomic E-state index is 13.4. The molecule has 1 fully saturated rings. The summed E-state index contributed by atoms with van der Waals surface area (Å²) < 4.78 is 5.84. The second kappa shape index (κ2) is 11.1. The number of carbonyl (C=O) groups is 2. The lowest BCUT2D eigenvalue weighted by molar-refractivity contribution is -0.140. The Balaban J connectivity index is 0.00000324. The minimum Gasteiger partial charge on any atom is -0.374 e. The van der Waals surface area contributed by atoms with E-state index in [1.807, 2.05) is 47.0 Å². The normalized spacial score (nSPS) is 17.6. The number of ether oxygens (including phenoxy) is 1. The highest BCUT2D eigenvalue weighted by molar-refractivity contribution is 7.99. The zero-order valence-corrected chi connectivity index (χ0v) is 21.4. The number of piperidine rings is 1. The summed E-state index contributed by atoms with van der Waals surface area (Å²) in [4.78, 5) is 29.2. The molecule has 2 aromatic rings. The van der Waals surface area contributed by atoms with Crippen molar-refractivity contribution in [2.24, 2.45) is 5.73 Å². The average Bonchev–Trinajstić information content (AvgIpc) is 3.16. The van der Waals surface area contributed by atoms with Gasteiger partial charge in [-0.3, -0.25) is 9.59 Å². The van der Waals surface area contributed by atoms with Crippen molar-refractivity contribution < 1.29 is 14.3 Å². The molecule has 8 heteroatoms. The summed E-state index contributed by atoms with van der Waals surface area (Å²) >= 11 is 1.91. The van der Waals surface area contributed by atoms with Crippen LogP contribution >= 0.6 is 24.2 Å². The standard InChI is InChI=1S/C26H33N3O3S.ClH/c1-25(2,27)24(31)28-21(17-32-16-19-8-4-3-5-9-19)23(30)29-14-12-26(13-15-29)18-33-22-11-7-6-10-20(22)26;/h3-11,21H,12-18,27H2,1-2H3,(H,28,31);1H/t21-;/m1./s1. The van der Waals surface area contributed by atoms with Crippen LogP contribution < -0.4 is 11.1 Å². The van der Waals surface area contributed by atoms with Crippen LogP contribution in [-0.4, -0.2) is 53.7 Å². The molecule has 0 aliphatic carbocycles. The van der Waals surface area contributed by atoms with Gasteiger partial charge >= 0.3 is 0 Å². The smallest absolute Gasteiger partial charge is 0.247 e. The van der Waals surface area contributed by atoms with Crippen LogP contribution in [-0.2, 0) is 26.3 Å². The second-order valence-corrected chi connectivity index (χ2v) is 10.7. The number of hydrogen-bond acceptors (Lipinski definition) is 5. The van der Waals surface area contributed by atoms with Crippen molar-refractivity contribution in [3.8, 4) is 0 Å². The summed E-state index contributed by atoms with van der Waals surface area (Å²) in [6.07, 6.45) is 1.85. The predicted molar refractivity (Wildman–Crippen MR) is 138 cm³/mol. The number of nitrogens with zero attached hydrogens (tertiary/aromatic N) is 1. The number of amides is 2. The van der Waals surface area contributed by atoms with Gasteiger partial charge in [0.1, 0.15) is 6.04 Å². The number of thioether (sulfide) groups is 1. The number of carbonyl (C=O) groups excluding carboxylic acids is 2. The van der Waals surface area contributed by atoms with Crippen molar-refractivity contribution in [1.29, 1.82) is 0 Å². The van der Waals surface area contributed by atoms with Crippen molar-refractivity contribution >= 4 is 36.0 Å². The third kappa shape index (κ3) is 5.95. The van der Waals surface area contributed by atoms with Gasteiger partial charge in [0.05, 0.1) is 18.8 Å². The monoisotopic (exact) mass is 503 g/mol. The summed E-state index contributed by atoms with van der Waals surface area (Å²) in [5, 5.41) is 2.83. The second-order valence-electron chi connectivity index (χ2n) is 9.64. The van der Waals surface area contributed by atoms with Crippen LogP contribution in [0.4, 0.5) is 0 Å². The predicted octanol–water partition coefficient (Wildman–Crippen LogP) is 3.51. The van der Waals surface area contributed by atoms with Gasteiger partial charge in [-0.15, -0.1) is 24.2 Å². The number of halogens is 1. The Morgan fingerprint density at radius 2 is 1.76 bits per heavy atom. The van der Waals surface area contributed by atoms with Gasteiger partial charge in [-0.2, -0.15) is 0 Å². The molecule has 0 unspecified atom stereocenters. The minimum atomic E-state index is -1.07. The highest BCUT2D eigenvalue weighted by atomic mass is 35.5. The molecule has 184 valence electrons. The molecule has 0 bridgehead atoms. The van der Waals surface area contributed by atoms with E-state index in [9.17, 15) is 9.59 Å². The van der Waals surface area contributed by atoms with Crippen LogP contribution in [0.2, 0.25) is 0 Å². The van der Waals surface area contributed by atoms with Gasteiger partial charge in [0.15, 0.2) is 0 Å². The fourth-order valence-electron chi connectivity index (χ4n) is 4.50. The van der Waals surface area contributed by atoms with E-state index in [0.29, 0.717) is 19.7 Å². The van der Waals surface area contributed by atoms with Crippen molar-refractivity contribution in [3.63, 3.8) is 0 Å². The quantitative estimate of drug-likeness (QED) is 0.604. The molecule has 3 N–H and O–H groups in total. The Hall–Kier alpha value is -2.06. The van der Waals surface area contributed by atoms with Gasteiger partial charge in [-0.05, 0) is 43.9 Å². The molecule has 2 aliphatic heterocycles. The molecule has 2 aliphatic rings. The molecule has 2 amide bonds. The first kappa shape index (κ1) is 26.5. The Morgan fingerprint density at radius 3 is 2.44 bits per heavy atom. The summed E-state index contributed by atoms with van der Waals surface area (Å²) in [7, 11) is 0. The minimum absolute atomic E-state index is 0. The number of likely N-dealkylation sites (tertiary alicyclic amines) is 1. The third-order valence-corrected chi connectivity index (χ3v) is 7.94. The Labute approximate surface area is 212 Å². The van der Waals surface area contributed by atoms with Gasteiger partial charge in [-0.1, -0.05) is 48.5 Å². The SMILES string of the molecule is CC(C)(N)C(=O)N[C@H](COCc1ccccc1)C(=O)N1CCC2(CC1)CSc1ccccc12.Cl. The first-order valence-electron chi connectivity index (χ1n) is 11.5. The highest BCUT2D eigenvalue weighted by Crippen LogP contribution is 2.49. The zero-order valence-electron chi connectivity index (χ0n) is 19.8. The van der Waals surface area contributed by atoms with Crippen molar-refractivity contribution in [1.82, 2.24) is 10.2 Å². The van der Waals surface area contributed by atoms with E-state index in [0.717, 1.165) is 24.2 Å². The molecular formula is C26H34ClN3O3S. The lowest BCUT2D eigenvalue weighted by atomic mass is 9.74. The molecular weight excluding hydrogens is 470 g/mol. The number of benzene rings is 2. The zero-order chi connectivity index (χ0) is 23.5. The average molecular weight is 504 g/mol. The van der Waals surface area contributed by atoms with Gasteiger partial charge in [-0.25, -0.2) is 0 Å². The van der Waals surface area contributed by atoms with Crippen molar-refractivity contribution in [2.45, 2.75) is 55.2 Å².